The summed E-state index contributed by atoms with van der Waals surface area (Å²) >= 11 is 0. The normalized spacial score (nSPS) is 50.3. The van der Waals surface area contributed by atoms with Crippen LogP contribution in [0.4, 0.5) is 0 Å². The quantitative estimate of drug-likeness (QED) is 0.559. The van der Waals surface area contributed by atoms with E-state index in [0.29, 0.717) is 36.0 Å². The fraction of sp³-hybridized carbons (Fsp3) is 0.958. The van der Waals surface area contributed by atoms with Gasteiger partial charge < -0.3 is 20.4 Å². The Hall–Kier alpha value is -0.650. The number of aliphatic carboxylic acids is 1. The van der Waals surface area contributed by atoms with Gasteiger partial charge in [-0.25, -0.2) is 0 Å². The van der Waals surface area contributed by atoms with Crippen LogP contribution in [0.3, 0.4) is 0 Å². The molecule has 5 heteroatoms. The van der Waals surface area contributed by atoms with E-state index >= 15 is 0 Å². The molecule has 4 saturated carbocycles. The lowest BCUT2D eigenvalue weighted by atomic mass is 9.43. The molecule has 0 aliphatic heterocycles. The molecular weight excluding hydrogens is 368 g/mol. The third-order valence-corrected chi connectivity index (χ3v) is 10.4. The highest BCUT2D eigenvalue weighted by Gasteiger charge is 2.63. The van der Waals surface area contributed by atoms with Gasteiger partial charge in [0.1, 0.15) is 0 Å². The third-order valence-electron chi connectivity index (χ3n) is 10.4. The first-order valence-corrected chi connectivity index (χ1v) is 11.9. The first kappa shape index (κ1) is 21.6. The van der Waals surface area contributed by atoms with Gasteiger partial charge in [0.05, 0.1) is 12.2 Å². The molecule has 0 aromatic carbocycles. The van der Waals surface area contributed by atoms with Crippen LogP contribution >= 0.6 is 0 Å². The molecule has 29 heavy (non-hydrogen) atoms. The zero-order valence-electron chi connectivity index (χ0n) is 18.1. The smallest absolute Gasteiger partial charge is 0.303 e. The molecule has 3 unspecified atom stereocenters. The van der Waals surface area contributed by atoms with Gasteiger partial charge in [-0.2, -0.15) is 0 Å². The number of hydrogen-bond donors (Lipinski definition) is 4. The summed E-state index contributed by atoms with van der Waals surface area (Å²) in [5.41, 5.74) is -0.0197. The molecule has 0 spiro atoms. The lowest BCUT2D eigenvalue weighted by Crippen LogP contribution is -2.60. The van der Waals surface area contributed by atoms with Gasteiger partial charge in [-0.1, -0.05) is 13.8 Å². The maximum Gasteiger partial charge on any atom is 0.303 e. The first-order valence-electron chi connectivity index (χ1n) is 11.9. The minimum absolute atomic E-state index is 0.0756. The van der Waals surface area contributed by atoms with Gasteiger partial charge in [0, 0.05) is 18.4 Å². The largest absolute Gasteiger partial charge is 0.481 e. The fourth-order valence-electron chi connectivity index (χ4n) is 8.87. The minimum Gasteiger partial charge on any atom is -0.481 e. The van der Waals surface area contributed by atoms with E-state index in [4.69, 9.17) is 5.11 Å². The highest BCUT2D eigenvalue weighted by atomic mass is 16.4. The van der Waals surface area contributed by atoms with Crippen molar-refractivity contribution in [2.45, 2.75) is 90.3 Å². The van der Waals surface area contributed by atoms with Gasteiger partial charge in [-0.05, 0) is 98.7 Å². The van der Waals surface area contributed by atoms with Crippen molar-refractivity contribution in [2.75, 3.05) is 6.61 Å². The summed E-state index contributed by atoms with van der Waals surface area (Å²) in [4.78, 5) is 11.1. The van der Waals surface area contributed by atoms with Crippen LogP contribution in [0.15, 0.2) is 0 Å². The van der Waals surface area contributed by atoms with Crippen LogP contribution in [0.2, 0.25) is 0 Å². The third kappa shape index (κ3) is 3.27. The summed E-state index contributed by atoms with van der Waals surface area (Å²) in [5.74, 6) is 1.85. The molecule has 4 aliphatic carbocycles. The summed E-state index contributed by atoms with van der Waals surface area (Å²) in [5, 5.41) is 40.6. The van der Waals surface area contributed by atoms with E-state index in [-0.39, 0.29) is 29.8 Å². The molecule has 0 aromatic rings. The van der Waals surface area contributed by atoms with Gasteiger partial charge in [-0.3, -0.25) is 4.79 Å². The van der Waals surface area contributed by atoms with Crippen LogP contribution in [-0.4, -0.2) is 45.2 Å². The summed E-state index contributed by atoms with van der Waals surface area (Å²) < 4.78 is 0. The molecule has 4 N–H and O–H groups in total. The Balaban J connectivity index is 1.56. The van der Waals surface area contributed by atoms with Crippen LogP contribution in [-0.2, 0) is 4.79 Å². The minimum atomic E-state index is -0.775. The highest BCUT2D eigenvalue weighted by Crippen LogP contribution is 2.68. The van der Waals surface area contributed by atoms with Gasteiger partial charge in [0.25, 0.3) is 0 Å². The van der Waals surface area contributed by atoms with E-state index in [0.717, 1.165) is 44.9 Å². The Labute approximate surface area is 174 Å². The molecular formula is C24H40O5. The summed E-state index contributed by atoms with van der Waals surface area (Å²) in [6.07, 6.45) is 8.06. The van der Waals surface area contributed by atoms with Crippen molar-refractivity contribution in [3.63, 3.8) is 0 Å². The van der Waals surface area contributed by atoms with E-state index in [1.165, 1.54) is 6.42 Å². The lowest BCUT2D eigenvalue weighted by molar-refractivity contribution is -0.196. The molecule has 4 fully saturated rings. The van der Waals surface area contributed by atoms with Crippen molar-refractivity contribution in [3.8, 4) is 0 Å². The van der Waals surface area contributed by atoms with Crippen LogP contribution in [0, 0.1) is 46.3 Å². The highest BCUT2D eigenvalue weighted by molar-refractivity contribution is 5.66. The van der Waals surface area contributed by atoms with E-state index in [2.05, 4.69) is 13.8 Å². The standard InChI is InChI=1S/C24H40O5/c1-23-12-11-19-16(6-4-15-5-9-20(26)22(29)24(15,19)2)18(23)8-7-17(23)14(13-25)3-10-21(27)28/h14-20,22,25-26,29H,3-13H2,1-2H3,(H,27,28)/t14-,15?,16-,17+,18-,19-,20?,22?,23+,24-/m0/s1. The van der Waals surface area contributed by atoms with Crippen LogP contribution in [0.25, 0.3) is 0 Å². The van der Waals surface area contributed by atoms with Gasteiger partial charge >= 0.3 is 5.97 Å². The number of fused-ring (bicyclic) bond motifs is 5. The molecule has 5 nitrogen and oxygen atoms in total. The average Bonchev–Trinajstić information content (AvgIpc) is 3.03. The number of hydrogen-bond acceptors (Lipinski definition) is 4. The Bertz CT molecular complexity index is 618. The van der Waals surface area contributed by atoms with Crippen LogP contribution in [0.1, 0.15) is 78.1 Å². The number of carbonyl (C=O) groups is 1. The van der Waals surface area contributed by atoms with Gasteiger partial charge in [0.15, 0.2) is 0 Å². The lowest BCUT2D eigenvalue weighted by Gasteiger charge is -2.62. The maximum atomic E-state index is 11.1. The molecule has 0 aromatic heterocycles. The van der Waals surface area contributed by atoms with E-state index < -0.39 is 18.2 Å². The molecule has 10 atom stereocenters. The second-order valence-corrected chi connectivity index (χ2v) is 11.2. The number of rotatable bonds is 5. The van der Waals surface area contributed by atoms with Crippen molar-refractivity contribution >= 4 is 5.97 Å². The molecule has 0 saturated heterocycles. The number of aliphatic hydroxyl groups is 3. The van der Waals surface area contributed by atoms with E-state index in [1.54, 1.807) is 0 Å². The van der Waals surface area contributed by atoms with Crippen molar-refractivity contribution in [1.29, 1.82) is 0 Å². The van der Waals surface area contributed by atoms with Crippen LogP contribution in [0.5, 0.6) is 0 Å². The summed E-state index contributed by atoms with van der Waals surface area (Å²) in [6, 6.07) is 0. The average molecular weight is 409 g/mol. The second kappa shape index (κ2) is 7.80. The Morgan fingerprint density at radius 3 is 2.41 bits per heavy atom. The number of carboxylic acid groups (broad SMARTS) is 1. The predicted molar refractivity (Wildman–Crippen MR) is 110 cm³/mol. The van der Waals surface area contributed by atoms with Crippen molar-refractivity contribution in [2.24, 2.45) is 46.3 Å². The molecule has 0 bridgehead atoms. The van der Waals surface area contributed by atoms with E-state index in [1.807, 2.05) is 0 Å². The van der Waals surface area contributed by atoms with Crippen molar-refractivity contribution < 1.29 is 25.2 Å². The monoisotopic (exact) mass is 408 g/mol. The van der Waals surface area contributed by atoms with E-state index in [9.17, 15) is 20.1 Å². The van der Waals surface area contributed by atoms with Gasteiger partial charge in [-0.15, -0.1) is 0 Å². The molecule has 4 aliphatic rings. The van der Waals surface area contributed by atoms with Crippen molar-refractivity contribution in [1.82, 2.24) is 0 Å². The maximum absolute atomic E-state index is 11.1. The molecule has 4 rings (SSSR count). The molecule has 0 amide bonds. The van der Waals surface area contributed by atoms with Gasteiger partial charge in [0.2, 0.25) is 0 Å². The van der Waals surface area contributed by atoms with Crippen LogP contribution < -0.4 is 0 Å². The molecule has 0 heterocycles. The topological polar surface area (TPSA) is 98.0 Å². The SMILES string of the molecule is C[C@@]12C(CCC(O)C1O)CC[C@@H]1[C@@H]2CC[C@]2(C)[C@@H]([C@H](CO)CCC(=O)O)CC[C@@H]12. The number of carboxylic acids is 1. The first-order chi connectivity index (χ1) is 13.7. The Morgan fingerprint density at radius 2 is 1.72 bits per heavy atom. The fourth-order valence-corrected chi connectivity index (χ4v) is 8.87. The predicted octanol–water partition coefficient (Wildman–Crippen LogP) is 3.45. The number of aliphatic hydroxyl groups excluding tert-OH is 3. The summed E-state index contributed by atoms with van der Waals surface area (Å²) in [6.45, 7) is 4.73. The Morgan fingerprint density at radius 1 is 1.00 bits per heavy atom. The van der Waals surface area contributed by atoms with Crippen molar-refractivity contribution in [3.05, 3.63) is 0 Å². The molecule has 166 valence electrons. The summed E-state index contributed by atoms with van der Waals surface area (Å²) in [7, 11) is 0. The molecule has 0 radical (unpaired) electrons. The Kier molecular flexibility index (Phi) is 5.80. The zero-order valence-corrected chi connectivity index (χ0v) is 18.1. The second-order valence-electron chi connectivity index (χ2n) is 11.2. The zero-order chi connectivity index (χ0) is 21.0.